The van der Waals surface area contributed by atoms with E-state index in [1.54, 1.807) is 37.3 Å². The van der Waals surface area contributed by atoms with Crippen LogP contribution in [0.15, 0.2) is 48.8 Å². The summed E-state index contributed by atoms with van der Waals surface area (Å²) in [5.74, 6) is -1.27. The molecule has 0 aliphatic rings. The van der Waals surface area contributed by atoms with E-state index in [1.807, 2.05) is 0 Å². The van der Waals surface area contributed by atoms with Crippen molar-refractivity contribution in [2.24, 2.45) is 5.73 Å². The van der Waals surface area contributed by atoms with Gasteiger partial charge in [-0.25, -0.2) is 13.8 Å². The smallest absolute Gasteiger partial charge is 0.280 e. The molecule has 1 unspecified atom stereocenters. The van der Waals surface area contributed by atoms with Gasteiger partial charge in [0.25, 0.3) is 12.3 Å². The molecule has 7 nitrogen and oxygen atoms in total. The Kier molecular flexibility index (Phi) is 6.39. The second-order valence-corrected chi connectivity index (χ2v) is 8.60. The van der Waals surface area contributed by atoms with E-state index in [0.717, 1.165) is 11.3 Å². The number of pyridine rings is 1. The lowest BCUT2D eigenvalue weighted by Gasteiger charge is -2.16. The highest BCUT2D eigenvalue weighted by Crippen LogP contribution is 2.42. The molecule has 170 valence electrons. The number of hydrogen-bond donors (Lipinski definition) is 2. The molecule has 33 heavy (non-hydrogen) atoms. The first kappa shape index (κ1) is 22.8. The summed E-state index contributed by atoms with van der Waals surface area (Å²) in [6.45, 7) is 1.80. The number of nitrogens with one attached hydrogen (secondary N) is 1. The number of nitrogens with two attached hydrogens (primary N) is 1. The van der Waals surface area contributed by atoms with Crippen LogP contribution < -0.4 is 11.1 Å². The van der Waals surface area contributed by atoms with E-state index >= 15 is 0 Å². The van der Waals surface area contributed by atoms with Crippen LogP contribution in [0.4, 0.5) is 14.5 Å². The number of thiophene rings is 1. The molecule has 3 aromatic heterocycles. The highest BCUT2D eigenvalue weighted by molar-refractivity contribution is 7.21. The van der Waals surface area contributed by atoms with Crippen molar-refractivity contribution in [1.29, 1.82) is 0 Å². The third kappa shape index (κ3) is 4.44. The first-order chi connectivity index (χ1) is 15.8. The second kappa shape index (κ2) is 9.24. The molecule has 2 amide bonds. The number of aromatic nitrogens is 3. The lowest BCUT2D eigenvalue weighted by molar-refractivity contribution is -0.119. The lowest BCUT2D eigenvalue weighted by atomic mass is 10.0. The van der Waals surface area contributed by atoms with Crippen LogP contribution in [0.25, 0.3) is 21.3 Å². The Balaban J connectivity index is 1.90. The number of anilines is 1. The van der Waals surface area contributed by atoms with Gasteiger partial charge in [0.2, 0.25) is 5.91 Å². The van der Waals surface area contributed by atoms with Crippen molar-refractivity contribution in [2.75, 3.05) is 5.32 Å². The van der Waals surface area contributed by atoms with E-state index in [4.69, 9.17) is 17.3 Å². The van der Waals surface area contributed by atoms with E-state index in [2.05, 4.69) is 15.4 Å². The molecule has 0 saturated carbocycles. The molecule has 4 rings (SSSR count). The average Bonchev–Trinajstić information content (AvgIpc) is 3.38. The van der Waals surface area contributed by atoms with Crippen molar-refractivity contribution in [3.63, 3.8) is 0 Å². The zero-order chi connectivity index (χ0) is 23.7. The Morgan fingerprint density at radius 1 is 1.27 bits per heavy atom. The number of benzene rings is 1. The van der Waals surface area contributed by atoms with Gasteiger partial charge in [0.1, 0.15) is 21.4 Å². The number of halogens is 3. The third-order valence-corrected chi connectivity index (χ3v) is 6.33. The van der Waals surface area contributed by atoms with Crippen molar-refractivity contribution >= 4 is 50.7 Å². The second-order valence-electron chi connectivity index (χ2n) is 7.16. The number of fused-ring (bicyclic) bond motifs is 1. The SMILES string of the molecule is CCC(C(=O)Nc1c(C(N)=O)sc2nc(C(F)F)cc(-c3ccccc3)c12)n1cc(Cl)cn1. The summed E-state index contributed by atoms with van der Waals surface area (Å²) in [7, 11) is 0. The Hall–Kier alpha value is -3.37. The third-order valence-electron chi connectivity index (χ3n) is 5.04. The first-order valence-electron chi connectivity index (χ1n) is 9.91. The minimum Gasteiger partial charge on any atom is -0.365 e. The fraction of sp³-hybridized carbons (Fsp3) is 0.182. The monoisotopic (exact) mass is 489 g/mol. The topological polar surface area (TPSA) is 103 Å². The quantitative estimate of drug-likeness (QED) is 0.361. The molecule has 3 heterocycles. The van der Waals surface area contributed by atoms with Crippen LogP contribution in [-0.4, -0.2) is 26.6 Å². The van der Waals surface area contributed by atoms with Crippen LogP contribution in [0.1, 0.15) is 41.2 Å². The van der Waals surface area contributed by atoms with Crippen molar-refractivity contribution < 1.29 is 18.4 Å². The van der Waals surface area contributed by atoms with E-state index in [-0.39, 0.29) is 15.4 Å². The summed E-state index contributed by atoms with van der Waals surface area (Å²) in [5.41, 5.74) is 6.31. The van der Waals surface area contributed by atoms with Gasteiger partial charge in [-0.1, -0.05) is 48.9 Å². The maximum absolute atomic E-state index is 13.6. The van der Waals surface area contributed by atoms with Gasteiger partial charge in [0, 0.05) is 11.6 Å². The summed E-state index contributed by atoms with van der Waals surface area (Å²) in [5, 5.41) is 7.60. The number of amides is 2. The van der Waals surface area contributed by atoms with Gasteiger partial charge >= 0.3 is 0 Å². The minimum absolute atomic E-state index is 0.0165. The fourth-order valence-electron chi connectivity index (χ4n) is 3.55. The van der Waals surface area contributed by atoms with Crippen LogP contribution in [0.5, 0.6) is 0 Å². The molecule has 1 aromatic carbocycles. The molecule has 0 spiro atoms. The highest BCUT2D eigenvalue weighted by atomic mass is 35.5. The number of rotatable bonds is 7. The zero-order valence-electron chi connectivity index (χ0n) is 17.3. The van der Waals surface area contributed by atoms with Crippen molar-refractivity contribution in [1.82, 2.24) is 14.8 Å². The van der Waals surface area contributed by atoms with Crippen molar-refractivity contribution in [3.8, 4) is 11.1 Å². The summed E-state index contributed by atoms with van der Waals surface area (Å²) in [4.78, 5) is 29.6. The minimum atomic E-state index is -2.82. The van der Waals surface area contributed by atoms with Crippen LogP contribution in [0.2, 0.25) is 5.02 Å². The van der Waals surface area contributed by atoms with Crippen LogP contribution in [0.3, 0.4) is 0 Å². The Bertz CT molecular complexity index is 1340. The molecule has 0 fully saturated rings. The number of nitrogens with zero attached hydrogens (tertiary/aromatic N) is 3. The van der Waals surface area contributed by atoms with Gasteiger partial charge in [-0.05, 0) is 23.6 Å². The molecule has 4 aromatic rings. The van der Waals surface area contributed by atoms with Gasteiger partial charge in [-0.3, -0.25) is 14.3 Å². The normalized spacial score (nSPS) is 12.3. The molecule has 0 saturated heterocycles. The lowest BCUT2D eigenvalue weighted by Crippen LogP contribution is -2.27. The molecule has 0 radical (unpaired) electrons. The van der Waals surface area contributed by atoms with Crippen LogP contribution in [0, 0.1) is 0 Å². The molecule has 3 N–H and O–H groups in total. The highest BCUT2D eigenvalue weighted by Gasteiger charge is 2.27. The molecular weight excluding hydrogens is 472 g/mol. The summed E-state index contributed by atoms with van der Waals surface area (Å²) < 4.78 is 28.6. The summed E-state index contributed by atoms with van der Waals surface area (Å²) >= 11 is 6.80. The van der Waals surface area contributed by atoms with Gasteiger partial charge in [0.05, 0.1) is 16.9 Å². The van der Waals surface area contributed by atoms with Gasteiger partial charge < -0.3 is 11.1 Å². The summed E-state index contributed by atoms with van der Waals surface area (Å²) in [6, 6.07) is 9.36. The number of carbonyl (C=O) groups is 2. The van der Waals surface area contributed by atoms with E-state index in [0.29, 0.717) is 28.0 Å². The standard InChI is InChI=1S/C22H18ClF2N5O2S/c1-2-15(30-10-12(23)9-27-30)21(32)29-17-16-13(11-6-4-3-5-7-11)8-14(19(24)25)28-22(16)33-18(17)20(26)31/h3-10,15,19H,2H2,1H3,(H2,26,31)(H,29,32). The van der Waals surface area contributed by atoms with Crippen molar-refractivity contribution in [3.05, 3.63) is 64.4 Å². The van der Waals surface area contributed by atoms with E-state index in [9.17, 15) is 18.4 Å². The van der Waals surface area contributed by atoms with Gasteiger partial charge in [0.15, 0.2) is 0 Å². The molecule has 11 heteroatoms. The summed E-state index contributed by atoms with van der Waals surface area (Å²) in [6.07, 6.45) is 0.498. The Labute approximate surface area is 196 Å². The average molecular weight is 490 g/mol. The maximum Gasteiger partial charge on any atom is 0.280 e. The first-order valence-corrected chi connectivity index (χ1v) is 11.1. The molecule has 1 atom stereocenters. The van der Waals surface area contributed by atoms with E-state index in [1.165, 1.54) is 23.1 Å². The molecule has 0 aliphatic heterocycles. The predicted molar refractivity (Wildman–Crippen MR) is 124 cm³/mol. The number of alkyl halides is 2. The molecular formula is C22H18ClF2N5O2S. The Morgan fingerprint density at radius 2 is 2.00 bits per heavy atom. The molecule has 0 aliphatic carbocycles. The Morgan fingerprint density at radius 3 is 2.58 bits per heavy atom. The van der Waals surface area contributed by atoms with Crippen LogP contribution in [-0.2, 0) is 4.79 Å². The number of primary amides is 1. The van der Waals surface area contributed by atoms with Gasteiger partial charge in [-0.2, -0.15) is 5.10 Å². The molecule has 0 bridgehead atoms. The van der Waals surface area contributed by atoms with E-state index < -0.39 is 30.0 Å². The number of carbonyl (C=O) groups excluding carboxylic acids is 2. The number of hydrogen-bond acceptors (Lipinski definition) is 5. The maximum atomic E-state index is 13.6. The largest absolute Gasteiger partial charge is 0.365 e. The van der Waals surface area contributed by atoms with Crippen LogP contribution >= 0.6 is 22.9 Å². The van der Waals surface area contributed by atoms with Gasteiger partial charge in [-0.15, -0.1) is 11.3 Å². The van der Waals surface area contributed by atoms with Crippen molar-refractivity contribution in [2.45, 2.75) is 25.8 Å². The zero-order valence-corrected chi connectivity index (χ0v) is 18.8. The predicted octanol–water partition coefficient (Wildman–Crippen LogP) is 5.44. The fourth-order valence-corrected chi connectivity index (χ4v) is 4.71.